The first-order valence-corrected chi connectivity index (χ1v) is 4.95. The Morgan fingerprint density at radius 2 is 1.10 bits per heavy atom. The monoisotopic (exact) mass is 138 g/mol. The molecule has 2 aliphatic carbocycles. The summed E-state index contributed by atoms with van der Waals surface area (Å²) in [7, 11) is 0. The molecule has 2 atom stereocenters. The highest BCUT2D eigenvalue weighted by Gasteiger charge is 2.23. The highest BCUT2D eigenvalue weighted by atomic mass is 14.3. The summed E-state index contributed by atoms with van der Waals surface area (Å²) in [4.78, 5) is 0. The number of fused-ring (bicyclic) bond motifs is 2. The molecule has 0 aromatic heterocycles. The zero-order valence-corrected chi connectivity index (χ0v) is 6.81. The second-order valence-corrected chi connectivity index (χ2v) is 4.18. The normalized spacial score (nSPS) is 40.8. The van der Waals surface area contributed by atoms with E-state index in [0.29, 0.717) is 0 Å². The summed E-state index contributed by atoms with van der Waals surface area (Å²) < 4.78 is 0. The van der Waals surface area contributed by atoms with E-state index in [1.165, 1.54) is 19.3 Å². The molecule has 2 bridgehead atoms. The average Bonchev–Trinajstić information content (AvgIpc) is 2.12. The van der Waals surface area contributed by atoms with Gasteiger partial charge < -0.3 is 0 Å². The quantitative estimate of drug-likeness (QED) is 0.481. The predicted molar refractivity (Wildman–Crippen MR) is 43.9 cm³/mol. The fourth-order valence-corrected chi connectivity index (χ4v) is 2.79. The summed E-state index contributed by atoms with van der Waals surface area (Å²) >= 11 is 0. The highest BCUT2D eigenvalue weighted by molar-refractivity contribution is 4.76. The Morgan fingerprint density at radius 3 is 1.70 bits per heavy atom. The first-order valence-electron chi connectivity index (χ1n) is 4.95. The lowest BCUT2D eigenvalue weighted by Crippen LogP contribution is -2.12. The van der Waals surface area contributed by atoms with E-state index < -0.39 is 0 Å². The Hall–Kier alpha value is 0. The Kier molecular flexibility index (Phi) is 1.97. The largest absolute Gasteiger partial charge is 0.0530 e. The van der Waals surface area contributed by atoms with Gasteiger partial charge in [0.15, 0.2) is 0 Å². The van der Waals surface area contributed by atoms with Gasteiger partial charge in [0.25, 0.3) is 0 Å². The van der Waals surface area contributed by atoms with Crippen molar-refractivity contribution >= 4 is 0 Å². The Morgan fingerprint density at radius 1 is 0.600 bits per heavy atom. The molecule has 0 nitrogen and oxygen atoms in total. The first-order chi connectivity index (χ1) is 4.95. The van der Waals surface area contributed by atoms with Gasteiger partial charge in [-0.15, -0.1) is 0 Å². The van der Waals surface area contributed by atoms with Crippen LogP contribution < -0.4 is 0 Å². The topological polar surface area (TPSA) is 0 Å². The zero-order valence-electron chi connectivity index (χ0n) is 6.81. The van der Waals surface area contributed by atoms with Gasteiger partial charge in [0.2, 0.25) is 0 Å². The van der Waals surface area contributed by atoms with Gasteiger partial charge in [-0.2, -0.15) is 0 Å². The third-order valence-electron chi connectivity index (χ3n) is 3.37. The van der Waals surface area contributed by atoms with Gasteiger partial charge in [-0.1, -0.05) is 44.9 Å². The molecule has 0 saturated heterocycles. The molecule has 2 saturated carbocycles. The molecule has 0 spiro atoms. The van der Waals surface area contributed by atoms with Crippen LogP contribution in [0.25, 0.3) is 0 Å². The molecule has 2 aliphatic rings. The molecule has 0 aromatic rings. The highest BCUT2D eigenvalue weighted by Crippen LogP contribution is 2.37. The Balaban J connectivity index is 1.96. The molecule has 58 valence electrons. The van der Waals surface area contributed by atoms with E-state index in [-0.39, 0.29) is 0 Å². The van der Waals surface area contributed by atoms with Crippen molar-refractivity contribution in [3.63, 3.8) is 0 Å². The van der Waals surface area contributed by atoms with Crippen molar-refractivity contribution in [2.24, 2.45) is 11.8 Å². The van der Waals surface area contributed by atoms with Crippen LogP contribution in [0, 0.1) is 11.8 Å². The molecule has 0 amide bonds. The second kappa shape index (κ2) is 2.94. The van der Waals surface area contributed by atoms with E-state index in [4.69, 9.17) is 0 Å². The van der Waals surface area contributed by atoms with Gasteiger partial charge in [-0.3, -0.25) is 0 Å². The van der Waals surface area contributed by atoms with Crippen LogP contribution in [0.4, 0.5) is 0 Å². The minimum absolute atomic E-state index is 1.14. The molecular formula is C10H18. The molecule has 0 heteroatoms. The van der Waals surface area contributed by atoms with Crippen molar-refractivity contribution in [2.75, 3.05) is 0 Å². The first kappa shape index (κ1) is 6.69. The average molecular weight is 138 g/mol. The van der Waals surface area contributed by atoms with Crippen LogP contribution >= 0.6 is 0 Å². The summed E-state index contributed by atoms with van der Waals surface area (Å²) in [6.07, 6.45) is 12.4. The van der Waals surface area contributed by atoms with Crippen LogP contribution in [0.15, 0.2) is 0 Å². The third kappa shape index (κ3) is 1.36. The Bertz CT molecular complexity index is 94.6. The van der Waals surface area contributed by atoms with E-state index in [2.05, 4.69) is 0 Å². The minimum atomic E-state index is 1.14. The number of hydrogen-bond acceptors (Lipinski definition) is 0. The Labute approximate surface area is 64.0 Å². The fourth-order valence-electron chi connectivity index (χ4n) is 2.79. The summed E-state index contributed by atoms with van der Waals surface area (Å²) in [5, 5.41) is 0. The maximum absolute atomic E-state index is 1.58. The predicted octanol–water partition coefficient (Wildman–Crippen LogP) is 3.37. The lowest BCUT2D eigenvalue weighted by molar-refractivity contribution is 0.271. The molecule has 2 rings (SSSR count). The lowest BCUT2D eigenvalue weighted by Gasteiger charge is -2.25. The van der Waals surface area contributed by atoms with E-state index in [1.54, 1.807) is 32.1 Å². The van der Waals surface area contributed by atoms with Crippen molar-refractivity contribution < 1.29 is 0 Å². The molecule has 2 fully saturated rings. The molecule has 0 aromatic carbocycles. The van der Waals surface area contributed by atoms with Crippen LogP contribution in [0.5, 0.6) is 0 Å². The van der Waals surface area contributed by atoms with E-state index in [0.717, 1.165) is 11.8 Å². The number of hydrogen-bond donors (Lipinski definition) is 0. The molecule has 0 radical (unpaired) electrons. The smallest absolute Gasteiger partial charge is 0.0412 e. The summed E-state index contributed by atoms with van der Waals surface area (Å²) in [6.45, 7) is 0. The van der Waals surface area contributed by atoms with Crippen LogP contribution in [-0.2, 0) is 0 Å². The maximum atomic E-state index is 1.58. The van der Waals surface area contributed by atoms with E-state index >= 15 is 0 Å². The van der Waals surface area contributed by atoms with Gasteiger partial charge in [0, 0.05) is 0 Å². The van der Waals surface area contributed by atoms with Crippen molar-refractivity contribution in [1.82, 2.24) is 0 Å². The molecule has 0 aliphatic heterocycles. The maximum Gasteiger partial charge on any atom is -0.0412 e. The molecule has 0 N–H and O–H groups in total. The number of rotatable bonds is 0. The van der Waals surface area contributed by atoms with Crippen molar-refractivity contribution in [1.29, 1.82) is 0 Å². The zero-order chi connectivity index (χ0) is 6.81. The fraction of sp³-hybridized carbons (Fsp3) is 1.00. The van der Waals surface area contributed by atoms with Crippen molar-refractivity contribution in [3.05, 3.63) is 0 Å². The molecule has 1 unspecified atom stereocenters. The van der Waals surface area contributed by atoms with Gasteiger partial charge >= 0.3 is 0 Å². The van der Waals surface area contributed by atoms with Crippen LogP contribution in [0.1, 0.15) is 51.4 Å². The van der Waals surface area contributed by atoms with Gasteiger partial charge in [0.05, 0.1) is 0 Å². The van der Waals surface area contributed by atoms with Gasteiger partial charge in [-0.25, -0.2) is 0 Å². The van der Waals surface area contributed by atoms with E-state index in [9.17, 15) is 0 Å². The van der Waals surface area contributed by atoms with Crippen molar-refractivity contribution in [3.8, 4) is 0 Å². The SMILES string of the molecule is C1CC[C@H]2CCCC(C1)C2. The van der Waals surface area contributed by atoms with E-state index in [1.807, 2.05) is 0 Å². The van der Waals surface area contributed by atoms with Crippen LogP contribution in [0.2, 0.25) is 0 Å². The van der Waals surface area contributed by atoms with Gasteiger partial charge in [-0.05, 0) is 18.3 Å². The summed E-state index contributed by atoms with van der Waals surface area (Å²) in [5.74, 6) is 2.28. The standard InChI is InChI=1S/C10H18/c1-2-5-10-7-3-6-9(4-1)8-10/h9-10H,1-8H2/t9-,10?/m0/s1. The lowest BCUT2D eigenvalue weighted by atomic mass is 9.81. The van der Waals surface area contributed by atoms with Gasteiger partial charge in [0.1, 0.15) is 0 Å². The second-order valence-electron chi connectivity index (χ2n) is 4.18. The molecule has 10 heavy (non-hydrogen) atoms. The summed E-state index contributed by atoms with van der Waals surface area (Å²) in [5.41, 5.74) is 0. The van der Waals surface area contributed by atoms with Crippen LogP contribution in [-0.4, -0.2) is 0 Å². The van der Waals surface area contributed by atoms with Crippen molar-refractivity contribution in [2.45, 2.75) is 51.4 Å². The summed E-state index contributed by atoms with van der Waals surface area (Å²) in [6, 6.07) is 0. The van der Waals surface area contributed by atoms with Crippen LogP contribution in [0.3, 0.4) is 0 Å². The minimum Gasteiger partial charge on any atom is -0.0530 e. The molecular weight excluding hydrogens is 120 g/mol. The third-order valence-corrected chi connectivity index (χ3v) is 3.37. The molecule has 0 heterocycles.